The molecule has 2 rings (SSSR count). The molecule has 0 aliphatic heterocycles. The van der Waals surface area contributed by atoms with E-state index in [1.165, 1.54) is 0 Å². The fourth-order valence-corrected chi connectivity index (χ4v) is 1.69. The van der Waals surface area contributed by atoms with Crippen LogP contribution in [-0.2, 0) is 6.61 Å². The number of nitro benzene ring substituents is 2. The molecule has 2 aromatic rings. The first-order valence-electron chi connectivity index (χ1n) is 5.81. The van der Waals surface area contributed by atoms with Gasteiger partial charge in [0.15, 0.2) is 5.75 Å². The number of phenols is 1. The summed E-state index contributed by atoms with van der Waals surface area (Å²) in [7, 11) is 0. The quantitative estimate of drug-likeness (QED) is 0.668. The van der Waals surface area contributed by atoms with Gasteiger partial charge in [0.2, 0.25) is 5.75 Å². The minimum atomic E-state index is -0.899. The van der Waals surface area contributed by atoms with Gasteiger partial charge in [0, 0.05) is 6.07 Å². The SMILES string of the molecule is O=[N+]([O-])c1cc([N+](=O)[O-])c(OCc2ccccc2)cc1O. The highest BCUT2D eigenvalue weighted by atomic mass is 16.6. The Morgan fingerprint density at radius 3 is 2.19 bits per heavy atom. The number of hydrogen-bond acceptors (Lipinski definition) is 6. The Morgan fingerprint density at radius 2 is 1.62 bits per heavy atom. The van der Waals surface area contributed by atoms with Crippen LogP contribution in [0.15, 0.2) is 42.5 Å². The monoisotopic (exact) mass is 290 g/mol. The summed E-state index contributed by atoms with van der Waals surface area (Å²) in [6, 6.07) is 10.4. The van der Waals surface area contributed by atoms with Crippen molar-refractivity contribution in [3.63, 3.8) is 0 Å². The van der Waals surface area contributed by atoms with Crippen molar-refractivity contribution < 1.29 is 19.7 Å². The molecule has 0 aliphatic carbocycles. The van der Waals surface area contributed by atoms with Crippen molar-refractivity contribution in [2.45, 2.75) is 6.61 Å². The average Bonchev–Trinajstić information content (AvgIpc) is 2.45. The number of nitro groups is 2. The summed E-state index contributed by atoms with van der Waals surface area (Å²) in [4.78, 5) is 19.9. The first kappa shape index (κ1) is 14.3. The van der Waals surface area contributed by atoms with Crippen molar-refractivity contribution in [1.29, 1.82) is 0 Å². The molecular weight excluding hydrogens is 280 g/mol. The van der Waals surface area contributed by atoms with Gasteiger partial charge in [-0.25, -0.2) is 0 Å². The lowest BCUT2D eigenvalue weighted by Gasteiger charge is -2.07. The second-order valence-electron chi connectivity index (χ2n) is 4.10. The van der Waals surface area contributed by atoms with Crippen molar-refractivity contribution in [3.8, 4) is 11.5 Å². The van der Waals surface area contributed by atoms with Gasteiger partial charge in [0.1, 0.15) is 12.7 Å². The van der Waals surface area contributed by atoms with E-state index in [0.29, 0.717) is 6.07 Å². The van der Waals surface area contributed by atoms with E-state index in [4.69, 9.17) is 4.74 Å². The van der Waals surface area contributed by atoms with Gasteiger partial charge in [-0.3, -0.25) is 20.2 Å². The lowest BCUT2D eigenvalue weighted by Crippen LogP contribution is -2.00. The maximum Gasteiger partial charge on any atom is 0.318 e. The third-order valence-electron chi connectivity index (χ3n) is 2.69. The maximum atomic E-state index is 10.9. The molecule has 0 bridgehead atoms. The van der Waals surface area contributed by atoms with Crippen LogP contribution in [0.3, 0.4) is 0 Å². The van der Waals surface area contributed by atoms with Crippen LogP contribution in [0.4, 0.5) is 11.4 Å². The molecule has 1 N–H and O–H groups in total. The molecule has 0 heterocycles. The lowest BCUT2D eigenvalue weighted by molar-refractivity contribution is -0.395. The second kappa shape index (κ2) is 5.87. The normalized spacial score (nSPS) is 10.1. The number of benzene rings is 2. The van der Waals surface area contributed by atoms with Crippen molar-refractivity contribution in [3.05, 3.63) is 68.3 Å². The standard InChI is InChI=1S/C13H10N2O6/c16-12-7-13(21-8-9-4-2-1-3-5-9)11(15(19)20)6-10(12)14(17)18/h1-7,16H,8H2. The lowest BCUT2D eigenvalue weighted by atomic mass is 10.2. The zero-order chi connectivity index (χ0) is 15.4. The van der Waals surface area contributed by atoms with Crippen LogP contribution in [0, 0.1) is 20.2 Å². The fourth-order valence-electron chi connectivity index (χ4n) is 1.69. The predicted octanol–water partition coefficient (Wildman–Crippen LogP) is 2.79. The topological polar surface area (TPSA) is 116 Å². The summed E-state index contributed by atoms with van der Waals surface area (Å²) < 4.78 is 5.28. The van der Waals surface area contributed by atoms with Crippen molar-refractivity contribution in [2.75, 3.05) is 0 Å². The number of hydrogen-bond donors (Lipinski definition) is 1. The van der Waals surface area contributed by atoms with Crippen LogP contribution in [0.25, 0.3) is 0 Å². The van der Waals surface area contributed by atoms with Crippen LogP contribution in [-0.4, -0.2) is 15.0 Å². The first-order chi connectivity index (χ1) is 9.99. The van der Waals surface area contributed by atoms with Crippen molar-refractivity contribution in [1.82, 2.24) is 0 Å². The third kappa shape index (κ3) is 3.24. The molecule has 0 fully saturated rings. The van der Waals surface area contributed by atoms with Gasteiger partial charge in [-0.05, 0) is 5.56 Å². The van der Waals surface area contributed by atoms with Gasteiger partial charge in [-0.15, -0.1) is 0 Å². The summed E-state index contributed by atoms with van der Waals surface area (Å²) in [6.45, 7) is 0.0406. The van der Waals surface area contributed by atoms with E-state index >= 15 is 0 Å². The van der Waals surface area contributed by atoms with E-state index in [0.717, 1.165) is 11.6 Å². The predicted molar refractivity (Wildman–Crippen MR) is 72.2 cm³/mol. The summed E-state index contributed by atoms with van der Waals surface area (Å²) in [5, 5.41) is 31.1. The molecule has 108 valence electrons. The first-order valence-corrected chi connectivity index (χ1v) is 5.81. The van der Waals surface area contributed by atoms with Crippen LogP contribution < -0.4 is 4.74 Å². The Labute approximate surface area is 118 Å². The maximum absolute atomic E-state index is 10.9. The molecule has 0 aliphatic rings. The number of ether oxygens (including phenoxy) is 1. The molecule has 0 saturated heterocycles. The molecule has 8 nitrogen and oxygen atoms in total. The van der Waals surface area contributed by atoms with E-state index in [1.54, 1.807) is 24.3 Å². The zero-order valence-corrected chi connectivity index (χ0v) is 10.6. The Bertz CT molecular complexity index is 687. The third-order valence-corrected chi connectivity index (χ3v) is 2.69. The van der Waals surface area contributed by atoms with E-state index < -0.39 is 27.0 Å². The Morgan fingerprint density at radius 1 is 1.00 bits per heavy atom. The molecule has 0 aromatic heterocycles. The largest absolute Gasteiger partial charge is 0.502 e. The minimum Gasteiger partial charge on any atom is -0.502 e. The van der Waals surface area contributed by atoms with Crippen LogP contribution in [0.5, 0.6) is 11.5 Å². The van der Waals surface area contributed by atoms with Crippen LogP contribution in [0.1, 0.15) is 5.56 Å². The molecule has 0 saturated carbocycles. The molecule has 8 heteroatoms. The Kier molecular flexibility index (Phi) is 3.98. The Hall–Kier alpha value is -3.16. The van der Waals surface area contributed by atoms with E-state index in [1.807, 2.05) is 6.07 Å². The molecule has 0 atom stereocenters. The Balaban J connectivity index is 2.32. The number of phenolic OH excluding ortho intramolecular Hbond substituents is 1. The second-order valence-corrected chi connectivity index (χ2v) is 4.10. The summed E-state index contributed by atoms with van der Waals surface area (Å²) in [5.74, 6) is -0.916. The smallest absolute Gasteiger partial charge is 0.318 e. The number of aromatic hydroxyl groups is 1. The average molecular weight is 290 g/mol. The van der Waals surface area contributed by atoms with Gasteiger partial charge in [-0.1, -0.05) is 30.3 Å². The molecule has 21 heavy (non-hydrogen) atoms. The van der Waals surface area contributed by atoms with E-state index in [2.05, 4.69) is 0 Å². The highest BCUT2D eigenvalue weighted by Gasteiger charge is 2.25. The molecule has 0 amide bonds. The van der Waals surface area contributed by atoms with Gasteiger partial charge < -0.3 is 9.84 Å². The molecule has 0 unspecified atom stereocenters. The summed E-state index contributed by atoms with van der Waals surface area (Å²) >= 11 is 0. The summed E-state index contributed by atoms with van der Waals surface area (Å²) in [5.41, 5.74) is -0.547. The number of nitrogens with zero attached hydrogens (tertiary/aromatic N) is 2. The van der Waals surface area contributed by atoms with Gasteiger partial charge in [0.25, 0.3) is 0 Å². The zero-order valence-electron chi connectivity index (χ0n) is 10.6. The van der Waals surface area contributed by atoms with E-state index in [-0.39, 0.29) is 12.4 Å². The van der Waals surface area contributed by atoms with Crippen LogP contribution >= 0.6 is 0 Å². The molecule has 0 radical (unpaired) electrons. The fraction of sp³-hybridized carbons (Fsp3) is 0.0769. The van der Waals surface area contributed by atoms with Gasteiger partial charge in [0.05, 0.1) is 9.85 Å². The van der Waals surface area contributed by atoms with Gasteiger partial charge in [-0.2, -0.15) is 0 Å². The molecular formula is C13H10N2O6. The molecule has 0 spiro atoms. The van der Waals surface area contributed by atoms with Crippen molar-refractivity contribution in [2.24, 2.45) is 0 Å². The minimum absolute atomic E-state index is 0.0406. The summed E-state index contributed by atoms with van der Waals surface area (Å²) in [6.07, 6.45) is 0. The highest BCUT2D eigenvalue weighted by molar-refractivity contribution is 5.60. The van der Waals surface area contributed by atoms with Crippen LogP contribution in [0.2, 0.25) is 0 Å². The highest BCUT2D eigenvalue weighted by Crippen LogP contribution is 2.38. The van der Waals surface area contributed by atoms with Gasteiger partial charge >= 0.3 is 11.4 Å². The number of rotatable bonds is 5. The van der Waals surface area contributed by atoms with Crippen molar-refractivity contribution >= 4 is 11.4 Å². The molecule has 2 aromatic carbocycles. The van der Waals surface area contributed by atoms with E-state index in [9.17, 15) is 25.3 Å².